The number of fused-ring (bicyclic) bond motifs is 5. The van der Waals surface area contributed by atoms with Crippen molar-refractivity contribution in [3.05, 3.63) is 145 Å². The average molecular weight is 625 g/mol. The Bertz CT molecular complexity index is 2250. The molecule has 1 aliphatic heterocycles. The third-order valence-electron chi connectivity index (χ3n) is 9.84. The SMILES string of the molecule is c1ccc(-c2nc(-c3ccc(-c4cccc5cccnc45)cc3)nc(-c3ccc4c(c3)C3(CCCCC3)c3ccccc3S4)n2)cc1. The Morgan fingerprint density at radius 1 is 0.489 bits per heavy atom. The Hall–Kier alpha value is -5.13. The van der Waals surface area contributed by atoms with Gasteiger partial charge in [-0.3, -0.25) is 4.98 Å². The van der Waals surface area contributed by atoms with Crippen molar-refractivity contribution < 1.29 is 0 Å². The van der Waals surface area contributed by atoms with Crippen LogP contribution in [-0.2, 0) is 5.41 Å². The first-order valence-electron chi connectivity index (χ1n) is 16.4. The van der Waals surface area contributed by atoms with Gasteiger partial charge in [-0.05, 0) is 53.8 Å². The zero-order chi connectivity index (χ0) is 31.2. The van der Waals surface area contributed by atoms with E-state index in [-0.39, 0.29) is 5.41 Å². The van der Waals surface area contributed by atoms with Crippen LogP contribution in [0.2, 0.25) is 0 Å². The minimum absolute atomic E-state index is 0.0376. The lowest BCUT2D eigenvalue weighted by molar-refractivity contribution is 0.335. The van der Waals surface area contributed by atoms with E-state index in [4.69, 9.17) is 15.0 Å². The predicted molar refractivity (Wildman–Crippen MR) is 191 cm³/mol. The molecule has 2 aromatic heterocycles. The zero-order valence-corrected chi connectivity index (χ0v) is 26.8. The summed E-state index contributed by atoms with van der Waals surface area (Å²) in [7, 11) is 0. The van der Waals surface area contributed by atoms with Gasteiger partial charge in [0.15, 0.2) is 17.5 Å². The van der Waals surface area contributed by atoms with Crippen molar-refractivity contribution in [2.24, 2.45) is 0 Å². The van der Waals surface area contributed by atoms with Crippen LogP contribution in [0.3, 0.4) is 0 Å². The van der Waals surface area contributed by atoms with Gasteiger partial charge in [0.05, 0.1) is 5.52 Å². The number of rotatable bonds is 4. The Kier molecular flexibility index (Phi) is 6.93. The quantitative estimate of drug-likeness (QED) is 0.195. The highest BCUT2D eigenvalue weighted by Crippen LogP contribution is 2.55. The van der Waals surface area contributed by atoms with Gasteiger partial charge in [0, 0.05) is 49.0 Å². The van der Waals surface area contributed by atoms with Crippen LogP contribution in [-0.4, -0.2) is 19.9 Å². The number of aromatic nitrogens is 4. The van der Waals surface area contributed by atoms with Crippen LogP contribution in [0.25, 0.3) is 56.2 Å². The molecule has 0 N–H and O–H groups in total. The molecule has 47 heavy (non-hydrogen) atoms. The van der Waals surface area contributed by atoms with Crippen molar-refractivity contribution in [3.8, 4) is 45.3 Å². The Labute approximate surface area is 279 Å². The number of benzene rings is 5. The summed E-state index contributed by atoms with van der Waals surface area (Å²) >= 11 is 1.90. The second-order valence-corrected chi connectivity index (χ2v) is 13.7. The highest BCUT2D eigenvalue weighted by atomic mass is 32.2. The van der Waals surface area contributed by atoms with Crippen molar-refractivity contribution in [1.29, 1.82) is 0 Å². The smallest absolute Gasteiger partial charge is 0.164 e. The maximum absolute atomic E-state index is 5.14. The number of hydrogen-bond acceptors (Lipinski definition) is 5. The molecule has 3 heterocycles. The molecule has 0 bridgehead atoms. The van der Waals surface area contributed by atoms with Crippen LogP contribution in [0.4, 0.5) is 0 Å². The summed E-state index contributed by atoms with van der Waals surface area (Å²) in [6.07, 6.45) is 8.02. The van der Waals surface area contributed by atoms with Crippen LogP contribution in [0.5, 0.6) is 0 Å². The molecule has 7 aromatic rings. The first-order valence-corrected chi connectivity index (χ1v) is 17.3. The summed E-state index contributed by atoms with van der Waals surface area (Å²) in [5.74, 6) is 2.05. The molecule has 226 valence electrons. The number of hydrogen-bond donors (Lipinski definition) is 0. The first-order chi connectivity index (χ1) is 23.2. The maximum atomic E-state index is 5.14. The molecule has 5 heteroatoms. The Morgan fingerprint density at radius 3 is 1.94 bits per heavy atom. The number of para-hydroxylation sites is 1. The van der Waals surface area contributed by atoms with E-state index in [9.17, 15) is 0 Å². The molecule has 4 nitrogen and oxygen atoms in total. The van der Waals surface area contributed by atoms with Gasteiger partial charge < -0.3 is 0 Å². The van der Waals surface area contributed by atoms with Crippen molar-refractivity contribution >= 4 is 22.7 Å². The maximum Gasteiger partial charge on any atom is 0.164 e. The lowest BCUT2D eigenvalue weighted by Crippen LogP contribution is -2.33. The van der Waals surface area contributed by atoms with Crippen LogP contribution in [0, 0.1) is 0 Å². The summed E-state index contributed by atoms with van der Waals surface area (Å²) in [4.78, 5) is 22.7. The monoisotopic (exact) mass is 624 g/mol. The topological polar surface area (TPSA) is 51.6 Å². The van der Waals surface area contributed by atoms with Gasteiger partial charge >= 0.3 is 0 Å². The number of pyridine rings is 1. The van der Waals surface area contributed by atoms with E-state index in [1.54, 1.807) is 0 Å². The van der Waals surface area contributed by atoms with Crippen molar-refractivity contribution in [1.82, 2.24) is 19.9 Å². The van der Waals surface area contributed by atoms with E-state index in [0.717, 1.165) is 38.7 Å². The van der Waals surface area contributed by atoms with E-state index < -0.39 is 0 Å². The van der Waals surface area contributed by atoms with Gasteiger partial charge in [-0.1, -0.05) is 134 Å². The van der Waals surface area contributed by atoms with E-state index in [1.165, 1.54) is 53.0 Å². The molecular weight excluding hydrogens is 593 g/mol. The van der Waals surface area contributed by atoms with Crippen molar-refractivity contribution in [2.45, 2.75) is 47.3 Å². The summed E-state index contributed by atoms with van der Waals surface area (Å²) in [6, 6.07) is 45.0. The second kappa shape index (κ2) is 11.6. The summed E-state index contributed by atoms with van der Waals surface area (Å²) in [5, 5.41) is 1.13. The molecule has 2 aliphatic rings. The third kappa shape index (κ3) is 4.93. The summed E-state index contributed by atoms with van der Waals surface area (Å²) in [6.45, 7) is 0. The molecule has 1 fully saturated rings. The van der Waals surface area contributed by atoms with Crippen LogP contribution < -0.4 is 0 Å². The van der Waals surface area contributed by atoms with E-state index in [1.807, 2.05) is 42.2 Å². The van der Waals surface area contributed by atoms with Gasteiger partial charge in [0.25, 0.3) is 0 Å². The van der Waals surface area contributed by atoms with E-state index >= 15 is 0 Å². The second-order valence-electron chi connectivity index (χ2n) is 12.6. The van der Waals surface area contributed by atoms with Gasteiger partial charge in [0.1, 0.15) is 0 Å². The summed E-state index contributed by atoms with van der Waals surface area (Å²) < 4.78 is 0. The zero-order valence-electron chi connectivity index (χ0n) is 25.9. The Balaban J connectivity index is 1.16. The first kappa shape index (κ1) is 28.1. The molecule has 0 amide bonds. The van der Waals surface area contributed by atoms with Gasteiger partial charge in [0.2, 0.25) is 0 Å². The van der Waals surface area contributed by atoms with E-state index in [2.05, 4.69) is 108 Å². The molecule has 0 unspecified atom stereocenters. The standard InChI is InChI=1S/C42H32N4S/c1-3-11-30(12-4-1)39-44-40(31-20-18-28(19-21-31)33-15-9-13-29-14-10-26-43-38(29)33)46-41(45-39)32-22-23-37-35(27-32)42(24-7-2-8-25-42)34-16-5-6-17-36(34)47-37/h1,3-6,9-23,26-27H,2,7-8,24-25H2. The molecule has 0 atom stereocenters. The molecule has 1 aliphatic carbocycles. The largest absolute Gasteiger partial charge is 0.256 e. The highest BCUT2D eigenvalue weighted by Gasteiger charge is 2.42. The fraction of sp³-hybridized carbons (Fsp3) is 0.143. The van der Waals surface area contributed by atoms with Gasteiger partial charge in [-0.15, -0.1) is 0 Å². The van der Waals surface area contributed by atoms with Gasteiger partial charge in [-0.2, -0.15) is 0 Å². The molecular formula is C42H32N4S. The lowest BCUT2D eigenvalue weighted by atomic mass is 9.65. The fourth-order valence-electron chi connectivity index (χ4n) is 7.53. The molecule has 0 radical (unpaired) electrons. The van der Waals surface area contributed by atoms with Crippen molar-refractivity contribution in [3.63, 3.8) is 0 Å². The Morgan fingerprint density at radius 2 is 1.13 bits per heavy atom. The van der Waals surface area contributed by atoms with Gasteiger partial charge in [-0.25, -0.2) is 15.0 Å². The van der Waals surface area contributed by atoms with Crippen LogP contribution in [0.1, 0.15) is 43.2 Å². The molecule has 5 aromatic carbocycles. The molecule has 9 rings (SSSR count). The average Bonchev–Trinajstić information content (AvgIpc) is 3.15. The highest BCUT2D eigenvalue weighted by molar-refractivity contribution is 7.99. The molecule has 1 saturated carbocycles. The number of nitrogens with zero attached hydrogens (tertiary/aromatic N) is 4. The fourth-order valence-corrected chi connectivity index (χ4v) is 8.78. The minimum Gasteiger partial charge on any atom is -0.256 e. The molecule has 0 saturated heterocycles. The summed E-state index contributed by atoms with van der Waals surface area (Å²) in [5.41, 5.74) is 9.13. The normalized spacial score (nSPS) is 14.9. The molecule has 1 spiro atoms. The van der Waals surface area contributed by atoms with E-state index in [0.29, 0.717) is 17.5 Å². The lowest BCUT2D eigenvalue weighted by Gasteiger charge is -2.43. The van der Waals surface area contributed by atoms with Crippen LogP contribution in [0.15, 0.2) is 143 Å². The van der Waals surface area contributed by atoms with Crippen LogP contribution >= 0.6 is 11.8 Å². The third-order valence-corrected chi connectivity index (χ3v) is 11.0. The van der Waals surface area contributed by atoms with Crippen molar-refractivity contribution in [2.75, 3.05) is 0 Å². The minimum atomic E-state index is 0.0376. The predicted octanol–water partition coefficient (Wildman–Crippen LogP) is 10.8.